The molecule has 0 spiro atoms. The third-order valence-corrected chi connectivity index (χ3v) is 9.53. The van der Waals surface area contributed by atoms with E-state index in [-0.39, 0.29) is 11.8 Å². The highest BCUT2D eigenvalue weighted by atomic mass is 16.5. The second-order valence-corrected chi connectivity index (χ2v) is 12.1. The molecule has 0 radical (unpaired) electrons. The Morgan fingerprint density at radius 3 is 2.61 bits per heavy atom. The third-order valence-electron chi connectivity index (χ3n) is 9.53. The molecule has 3 aliphatic rings. The number of hydrogen-bond acceptors (Lipinski definition) is 6. The number of carboxylic acids is 1. The van der Waals surface area contributed by atoms with Crippen LogP contribution in [0.4, 0.5) is 0 Å². The number of carboxylic acid groups (broad SMARTS) is 1. The van der Waals surface area contributed by atoms with Gasteiger partial charge in [0.2, 0.25) is 5.91 Å². The van der Waals surface area contributed by atoms with Crippen LogP contribution in [0.15, 0.2) is 60.7 Å². The summed E-state index contributed by atoms with van der Waals surface area (Å²) in [5.74, 6) is -1.73. The SMILES string of the molecule is Cn1nnc2cc(COc3cccc4c3[C@@H](CN3Cc5ccccc5C3=O)N(C(=O)C3CCCC[C@H]3C(=O)O)CC4)ccc21. The summed E-state index contributed by atoms with van der Waals surface area (Å²) < 4.78 is 8.20. The molecule has 2 aliphatic heterocycles. The molecule has 1 unspecified atom stereocenters. The van der Waals surface area contributed by atoms with Crippen LogP contribution in [-0.2, 0) is 36.2 Å². The number of nitrogens with zero attached hydrogens (tertiary/aromatic N) is 5. The summed E-state index contributed by atoms with van der Waals surface area (Å²) in [4.78, 5) is 43.6. The zero-order chi connectivity index (χ0) is 30.4. The highest BCUT2D eigenvalue weighted by Gasteiger charge is 2.43. The van der Waals surface area contributed by atoms with Gasteiger partial charge in [-0.15, -0.1) is 5.10 Å². The average Bonchev–Trinajstić information content (AvgIpc) is 3.57. The molecule has 226 valence electrons. The van der Waals surface area contributed by atoms with Crippen LogP contribution in [0.1, 0.15) is 64.3 Å². The molecule has 2 amide bonds. The molecular formula is C34H35N5O5. The number of fused-ring (bicyclic) bond motifs is 3. The molecular weight excluding hydrogens is 558 g/mol. The largest absolute Gasteiger partial charge is 0.489 e. The number of ether oxygens (including phenoxy) is 1. The minimum atomic E-state index is -0.911. The summed E-state index contributed by atoms with van der Waals surface area (Å²) >= 11 is 0. The van der Waals surface area contributed by atoms with Crippen molar-refractivity contribution >= 4 is 28.8 Å². The summed E-state index contributed by atoms with van der Waals surface area (Å²) in [5.41, 5.74) is 6.26. The number of amides is 2. The molecule has 3 aromatic carbocycles. The molecule has 3 heterocycles. The molecule has 0 saturated heterocycles. The Balaban J connectivity index is 1.23. The summed E-state index contributed by atoms with van der Waals surface area (Å²) in [6.07, 6.45) is 3.33. The van der Waals surface area contributed by atoms with E-state index in [1.807, 2.05) is 66.5 Å². The van der Waals surface area contributed by atoms with Crippen LogP contribution in [-0.4, -0.2) is 60.8 Å². The number of aromatic nitrogens is 3. The number of rotatable bonds is 7. The van der Waals surface area contributed by atoms with Crippen LogP contribution in [0, 0.1) is 11.8 Å². The van der Waals surface area contributed by atoms with E-state index in [4.69, 9.17) is 4.74 Å². The second-order valence-electron chi connectivity index (χ2n) is 12.1. The maximum atomic E-state index is 14.3. The average molecular weight is 594 g/mol. The van der Waals surface area contributed by atoms with Gasteiger partial charge >= 0.3 is 5.97 Å². The van der Waals surface area contributed by atoms with Crippen molar-refractivity contribution in [3.05, 3.63) is 88.5 Å². The fraction of sp³-hybridized carbons (Fsp3) is 0.382. The third kappa shape index (κ3) is 4.98. The Hall–Kier alpha value is -4.73. The molecule has 1 aromatic heterocycles. The number of benzene rings is 3. The molecule has 7 rings (SSSR count). The zero-order valence-electron chi connectivity index (χ0n) is 24.7. The molecule has 1 N–H and O–H groups in total. The van der Waals surface area contributed by atoms with Gasteiger partial charge in [-0.3, -0.25) is 14.4 Å². The summed E-state index contributed by atoms with van der Waals surface area (Å²) in [6, 6.07) is 19.0. The molecule has 1 saturated carbocycles. The minimum Gasteiger partial charge on any atom is -0.489 e. The van der Waals surface area contributed by atoms with Gasteiger partial charge in [-0.25, -0.2) is 4.68 Å². The Morgan fingerprint density at radius 2 is 1.80 bits per heavy atom. The van der Waals surface area contributed by atoms with E-state index >= 15 is 0 Å². The topological polar surface area (TPSA) is 118 Å². The van der Waals surface area contributed by atoms with Crippen molar-refractivity contribution in [1.29, 1.82) is 0 Å². The first-order chi connectivity index (χ1) is 21.4. The quantitative estimate of drug-likeness (QED) is 0.335. The van der Waals surface area contributed by atoms with Gasteiger partial charge in [-0.05, 0) is 60.2 Å². The summed E-state index contributed by atoms with van der Waals surface area (Å²) in [7, 11) is 1.85. The monoisotopic (exact) mass is 593 g/mol. The van der Waals surface area contributed by atoms with Gasteiger partial charge in [-0.2, -0.15) is 0 Å². The first kappa shape index (κ1) is 28.1. The molecule has 44 heavy (non-hydrogen) atoms. The van der Waals surface area contributed by atoms with E-state index in [1.54, 1.807) is 9.58 Å². The lowest BCUT2D eigenvalue weighted by Gasteiger charge is -2.42. The molecule has 4 aromatic rings. The Bertz CT molecular complexity index is 1770. The van der Waals surface area contributed by atoms with Crippen LogP contribution in [0.3, 0.4) is 0 Å². The summed E-state index contributed by atoms with van der Waals surface area (Å²) in [5, 5.41) is 18.3. The number of aliphatic carboxylic acids is 1. The van der Waals surface area contributed by atoms with E-state index in [0.717, 1.165) is 46.1 Å². The van der Waals surface area contributed by atoms with Gasteiger partial charge in [-0.1, -0.05) is 54.5 Å². The van der Waals surface area contributed by atoms with Gasteiger partial charge < -0.3 is 19.6 Å². The maximum absolute atomic E-state index is 14.3. The lowest BCUT2D eigenvalue weighted by Crippen LogP contribution is -2.49. The molecule has 10 heteroatoms. The first-order valence-electron chi connectivity index (χ1n) is 15.3. The number of aryl methyl sites for hydroxylation is 1. The van der Waals surface area contributed by atoms with Gasteiger partial charge in [0.1, 0.15) is 17.9 Å². The Morgan fingerprint density at radius 1 is 1.00 bits per heavy atom. The molecule has 10 nitrogen and oxygen atoms in total. The predicted octanol–water partition coefficient (Wildman–Crippen LogP) is 4.52. The first-order valence-corrected chi connectivity index (χ1v) is 15.3. The van der Waals surface area contributed by atoms with Crippen LogP contribution in [0.25, 0.3) is 11.0 Å². The van der Waals surface area contributed by atoms with Gasteiger partial charge in [0.15, 0.2) is 0 Å². The number of carbonyl (C=O) groups is 3. The highest BCUT2D eigenvalue weighted by Crippen LogP contribution is 2.41. The lowest BCUT2D eigenvalue weighted by atomic mass is 9.77. The number of carbonyl (C=O) groups excluding carboxylic acids is 2. The van der Waals surface area contributed by atoms with Crippen molar-refractivity contribution in [1.82, 2.24) is 24.8 Å². The second kappa shape index (κ2) is 11.4. The van der Waals surface area contributed by atoms with E-state index in [1.165, 1.54) is 0 Å². The van der Waals surface area contributed by atoms with Crippen LogP contribution in [0.2, 0.25) is 0 Å². The van der Waals surface area contributed by atoms with Crippen molar-refractivity contribution in [3.63, 3.8) is 0 Å². The molecule has 0 bridgehead atoms. The minimum absolute atomic E-state index is 0.0585. The van der Waals surface area contributed by atoms with Crippen molar-refractivity contribution < 1.29 is 24.2 Å². The number of hydrogen-bond donors (Lipinski definition) is 1. The molecule has 1 fully saturated rings. The highest BCUT2D eigenvalue weighted by molar-refractivity contribution is 5.98. The molecule has 1 aliphatic carbocycles. The van der Waals surface area contributed by atoms with Crippen LogP contribution in [0.5, 0.6) is 5.75 Å². The van der Waals surface area contributed by atoms with Gasteiger partial charge in [0.25, 0.3) is 5.91 Å². The maximum Gasteiger partial charge on any atom is 0.307 e. The van der Waals surface area contributed by atoms with E-state index in [0.29, 0.717) is 56.8 Å². The van der Waals surface area contributed by atoms with Crippen LogP contribution < -0.4 is 4.74 Å². The van der Waals surface area contributed by atoms with E-state index < -0.39 is 23.8 Å². The fourth-order valence-electron chi connectivity index (χ4n) is 7.26. The predicted molar refractivity (Wildman–Crippen MR) is 162 cm³/mol. The molecule has 3 atom stereocenters. The van der Waals surface area contributed by atoms with E-state index in [9.17, 15) is 19.5 Å². The Labute approximate surface area is 255 Å². The normalized spacial score (nSPS) is 21.3. The van der Waals surface area contributed by atoms with Crippen molar-refractivity contribution in [2.24, 2.45) is 18.9 Å². The van der Waals surface area contributed by atoms with Gasteiger partial charge in [0.05, 0.1) is 23.4 Å². The lowest BCUT2D eigenvalue weighted by molar-refractivity contribution is -0.153. The van der Waals surface area contributed by atoms with Crippen molar-refractivity contribution in [2.45, 2.75) is 51.3 Å². The van der Waals surface area contributed by atoms with Crippen molar-refractivity contribution in [3.8, 4) is 5.75 Å². The van der Waals surface area contributed by atoms with Crippen LogP contribution >= 0.6 is 0 Å². The fourth-order valence-corrected chi connectivity index (χ4v) is 7.26. The smallest absolute Gasteiger partial charge is 0.307 e. The standard InChI is InChI=1S/C34H35N5O5/c1-37-28-14-13-21(17-27(28)35-36-37)20-44-30-12-6-8-22-15-16-39(33(41)25-10-4-5-11-26(25)34(42)43)29(31(22)30)19-38-18-23-7-2-3-9-24(23)32(38)40/h2-3,6-9,12-14,17,25-26,29H,4-5,10-11,15-16,18-20H2,1H3,(H,42,43)/t25?,26-,29-/m1/s1. The van der Waals surface area contributed by atoms with Gasteiger partial charge in [0, 0.05) is 37.8 Å². The Kier molecular flexibility index (Phi) is 7.27. The zero-order valence-corrected chi connectivity index (χ0v) is 24.7. The summed E-state index contributed by atoms with van der Waals surface area (Å²) in [6.45, 7) is 1.51. The van der Waals surface area contributed by atoms with E-state index in [2.05, 4.69) is 16.4 Å². The van der Waals surface area contributed by atoms with Crippen molar-refractivity contribution in [2.75, 3.05) is 13.1 Å².